The lowest BCUT2D eigenvalue weighted by Crippen LogP contribution is -2.51. The first-order chi connectivity index (χ1) is 18.7. The largest absolute Gasteiger partial charge is 0.509 e. The highest BCUT2D eigenvalue weighted by Crippen LogP contribution is 2.36. The molecule has 2 atom stereocenters. The van der Waals surface area contributed by atoms with Crippen molar-refractivity contribution in [3.63, 3.8) is 0 Å². The van der Waals surface area contributed by atoms with Crippen LogP contribution in [0, 0.1) is 0 Å². The maximum atomic E-state index is 12.6. The van der Waals surface area contributed by atoms with E-state index in [9.17, 15) is 17.8 Å². The number of carbonyl (C=O) groups is 1. The van der Waals surface area contributed by atoms with Crippen molar-refractivity contribution < 1.29 is 50.2 Å². The highest BCUT2D eigenvalue weighted by molar-refractivity contribution is 7.85. The number of carbonyl (C=O) groups excluding carboxylic acids is 1. The number of hydrogen-bond acceptors (Lipinski definition) is 12. The van der Waals surface area contributed by atoms with E-state index in [4.69, 9.17) is 32.4 Å². The molecule has 0 saturated heterocycles. The zero-order valence-electron chi connectivity index (χ0n) is 27.1. The summed E-state index contributed by atoms with van der Waals surface area (Å²) in [6.45, 7) is 21.2. The van der Waals surface area contributed by atoms with E-state index in [0.29, 0.717) is 5.56 Å². The Labute approximate surface area is 252 Å². The maximum absolute atomic E-state index is 12.6. The van der Waals surface area contributed by atoms with E-state index >= 15 is 0 Å². The molecule has 0 aliphatic rings. The molecule has 2 unspecified atom stereocenters. The predicted octanol–water partition coefficient (Wildman–Crippen LogP) is 6.12. The van der Waals surface area contributed by atoms with Crippen molar-refractivity contribution in [2.24, 2.45) is 0 Å². The molecule has 0 amide bonds. The first-order valence-electron chi connectivity index (χ1n) is 13.5. The van der Waals surface area contributed by atoms with Crippen LogP contribution < -0.4 is 10.1 Å². The van der Waals surface area contributed by atoms with Crippen molar-refractivity contribution in [2.75, 3.05) is 12.8 Å². The zero-order valence-corrected chi connectivity index (χ0v) is 28.9. The van der Waals surface area contributed by atoms with Gasteiger partial charge in [-0.1, -0.05) is 6.07 Å². The minimum Gasteiger partial charge on any atom is -0.429 e. The first-order valence-corrected chi connectivity index (χ1v) is 16.1. The molecule has 0 radical (unpaired) electrons. The molecule has 1 aromatic rings. The number of ether oxygens (including phenoxy) is 5. The molecule has 0 aromatic heterocycles. The van der Waals surface area contributed by atoms with Gasteiger partial charge < -0.3 is 19.5 Å². The van der Waals surface area contributed by atoms with Crippen LogP contribution in [0.5, 0.6) is 5.75 Å². The van der Waals surface area contributed by atoms with E-state index < -0.39 is 60.6 Å². The van der Waals surface area contributed by atoms with E-state index in [1.165, 1.54) is 6.07 Å². The van der Waals surface area contributed by atoms with Crippen LogP contribution in [0.15, 0.2) is 18.2 Å². The van der Waals surface area contributed by atoms with Crippen LogP contribution in [0.4, 0.5) is 4.79 Å². The van der Waals surface area contributed by atoms with Gasteiger partial charge in [-0.25, -0.2) is 4.79 Å². The SMILES string of the molecule is CC(C)(C)NCC(OC(=O)OC(C)(C)C)c1ccc(OC(O[PH+]=O)(OC(C)(C)C)OC(C)(C)C)c(COS(C)(=O)=O)c1. The summed E-state index contributed by atoms with van der Waals surface area (Å²) in [5.74, 6) is 0.0500. The van der Waals surface area contributed by atoms with E-state index in [0.717, 1.165) is 6.26 Å². The fourth-order valence-corrected chi connectivity index (χ4v) is 3.83. The molecule has 0 bridgehead atoms. The monoisotopic (exact) mass is 638 g/mol. The fourth-order valence-electron chi connectivity index (χ4n) is 3.26. The van der Waals surface area contributed by atoms with Gasteiger partial charge in [-0.05, 0) is 110 Å². The number of benzene rings is 1. The second-order valence-corrected chi connectivity index (χ2v) is 15.8. The molecular formula is C28H49NO11PS+. The Morgan fingerprint density at radius 1 is 0.905 bits per heavy atom. The fraction of sp³-hybridized carbons (Fsp3) is 0.750. The van der Waals surface area contributed by atoms with Gasteiger partial charge in [-0.15, -0.1) is 0 Å². The Hall–Kier alpha value is -1.86. The molecule has 0 aliphatic heterocycles. The predicted molar refractivity (Wildman–Crippen MR) is 159 cm³/mol. The van der Waals surface area contributed by atoms with Crippen molar-refractivity contribution >= 4 is 25.0 Å². The summed E-state index contributed by atoms with van der Waals surface area (Å²) in [6.07, 6.45) is -3.08. The summed E-state index contributed by atoms with van der Waals surface area (Å²) in [5.41, 5.74) is -2.16. The van der Waals surface area contributed by atoms with Gasteiger partial charge >= 0.3 is 21.0 Å². The van der Waals surface area contributed by atoms with Gasteiger partial charge in [0.1, 0.15) is 17.5 Å². The molecule has 242 valence electrons. The Bertz CT molecular complexity index is 1140. The van der Waals surface area contributed by atoms with Crippen molar-refractivity contribution in [2.45, 2.75) is 124 Å². The van der Waals surface area contributed by atoms with Gasteiger partial charge in [0, 0.05) is 17.6 Å². The van der Waals surface area contributed by atoms with Crippen LogP contribution in [-0.4, -0.2) is 55.9 Å². The van der Waals surface area contributed by atoms with Crippen LogP contribution in [0.1, 0.15) is 100 Å². The van der Waals surface area contributed by atoms with Crippen LogP contribution in [0.2, 0.25) is 0 Å². The molecule has 1 N–H and O–H groups in total. The summed E-state index contributed by atoms with van der Waals surface area (Å²) in [6, 6.07) is 4.69. The average molecular weight is 639 g/mol. The molecule has 14 heteroatoms. The average Bonchev–Trinajstić information content (AvgIpc) is 2.71. The molecule has 42 heavy (non-hydrogen) atoms. The third-order valence-electron chi connectivity index (χ3n) is 4.59. The van der Waals surface area contributed by atoms with Crippen molar-refractivity contribution in [1.82, 2.24) is 5.32 Å². The van der Waals surface area contributed by atoms with Gasteiger partial charge in [0.25, 0.3) is 10.1 Å². The van der Waals surface area contributed by atoms with Gasteiger partial charge in [-0.2, -0.15) is 8.42 Å². The number of hydrogen-bond donors (Lipinski definition) is 1. The summed E-state index contributed by atoms with van der Waals surface area (Å²) in [4.78, 5) is 12.6. The Morgan fingerprint density at radius 3 is 1.88 bits per heavy atom. The number of nitrogens with one attached hydrogen (secondary N) is 1. The van der Waals surface area contributed by atoms with Crippen LogP contribution in [0.3, 0.4) is 0 Å². The van der Waals surface area contributed by atoms with Gasteiger partial charge in [0.15, 0.2) is 0 Å². The lowest BCUT2D eigenvalue weighted by molar-refractivity contribution is -0.478. The standard InChI is InChI=1S/C28H49NO11PS/c1-24(2,3)29-17-22(35-23(30)37-25(4,5)6)19-14-15-21(20(16-19)18-34-42(13,32)33)36-28(40-41-31,38-26(7,8)9)39-27(10,11)12/h14-16,22,29,41H,17-18H2,1-13H3/q+1. The van der Waals surface area contributed by atoms with E-state index in [1.54, 1.807) is 74.4 Å². The van der Waals surface area contributed by atoms with E-state index in [-0.39, 0.29) is 23.4 Å². The lowest BCUT2D eigenvalue weighted by atomic mass is 10.0. The lowest BCUT2D eigenvalue weighted by Gasteiger charge is -2.37. The van der Waals surface area contributed by atoms with Gasteiger partial charge in [0.05, 0.1) is 24.1 Å². The summed E-state index contributed by atoms with van der Waals surface area (Å²) in [7, 11) is -5.20. The first kappa shape index (κ1) is 38.2. The van der Waals surface area contributed by atoms with Gasteiger partial charge in [-0.3, -0.25) is 13.7 Å². The maximum Gasteiger partial charge on any atom is 0.509 e. The third kappa shape index (κ3) is 16.1. The Morgan fingerprint density at radius 2 is 1.45 bits per heavy atom. The van der Waals surface area contributed by atoms with Crippen molar-refractivity contribution in [3.8, 4) is 5.75 Å². The van der Waals surface area contributed by atoms with Crippen LogP contribution in [-0.2, 0) is 48.9 Å². The highest BCUT2D eigenvalue weighted by atomic mass is 32.2. The van der Waals surface area contributed by atoms with Crippen LogP contribution in [0.25, 0.3) is 0 Å². The minimum atomic E-state index is -3.87. The van der Waals surface area contributed by atoms with Crippen molar-refractivity contribution in [1.29, 1.82) is 0 Å². The molecule has 1 aromatic carbocycles. The molecule has 1 rings (SSSR count). The Balaban J connectivity index is 3.70. The topological polar surface area (TPSA) is 145 Å². The molecule has 0 aliphatic carbocycles. The molecule has 0 saturated carbocycles. The van der Waals surface area contributed by atoms with Crippen molar-refractivity contribution in [3.05, 3.63) is 29.3 Å². The normalized spacial score (nSPS) is 14.5. The second-order valence-electron chi connectivity index (χ2n) is 13.8. The molecule has 12 nitrogen and oxygen atoms in total. The van der Waals surface area contributed by atoms with E-state index in [2.05, 4.69) is 5.32 Å². The summed E-state index contributed by atoms with van der Waals surface area (Å²) < 4.78 is 75.2. The molecular weight excluding hydrogens is 589 g/mol. The summed E-state index contributed by atoms with van der Waals surface area (Å²) >= 11 is 0. The molecule has 0 fully saturated rings. The van der Waals surface area contributed by atoms with Gasteiger partial charge in [0.2, 0.25) is 0 Å². The molecule has 0 spiro atoms. The zero-order chi connectivity index (χ0) is 32.8. The third-order valence-corrected chi connectivity index (χ3v) is 5.47. The second kappa shape index (κ2) is 14.3. The highest BCUT2D eigenvalue weighted by Gasteiger charge is 2.49. The smallest absolute Gasteiger partial charge is 0.429 e. The minimum absolute atomic E-state index is 0.0500. The quantitative estimate of drug-likeness (QED) is 0.115. The Kier molecular flexibility index (Phi) is 13.0. The van der Waals surface area contributed by atoms with E-state index in [1.807, 2.05) is 20.8 Å². The van der Waals surface area contributed by atoms with Crippen LogP contribution >= 0.6 is 8.69 Å². The molecule has 0 heterocycles. The number of rotatable bonds is 13. The summed E-state index contributed by atoms with van der Waals surface area (Å²) in [5, 5.41) is 3.30.